The highest BCUT2D eigenvalue weighted by Gasteiger charge is 2.40. The Morgan fingerprint density at radius 3 is 1.49 bits per heavy atom. The van der Waals surface area contributed by atoms with Crippen molar-refractivity contribution < 1.29 is 8.83 Å². The Bertz CT molecular complexity index is 1810. The molecule has 8 rings (SSSR count). The van der Waals surface area contributed by atoms with Gasteiger partial charge in [0.25, 0.3) is 0 Å². The zero-order valence-corrected chi connectivity index (χ0v) is 21.8. The van der Waals surface area contributed by atoms with Crippen molar-refractivity contribution in [2.75, 3.05) is 10.0 Å². The van der Waals surface area contributed by atoms with Crippen LogP contribution in [-0.4, -0.2) is 12.1 Å². The van der Waals surface area contributed by atoms with Crippen LogP contribution in [0.1, 0.15) is 13.8 Å². The number of hydrogen-bond acceptors (Lipinski definition) is 6. The Balaban J connectivity index is 1.06. The molecule has 4 aromatic carbocycles. The second kappa shape index (κ2) is 8.24. The number of nitrogens with zero attached hydrogens (tertiary/aromatic N) is 2. The highest BCUT2D eigenvalue weighted by Crippen LogP contribution is 2.40. The van der Waals surface area contributed by atoms with Crippen molar-refractivity contribution >= 4 is 55.3 Å². The average molecular weight is 513 g/mol. The molecular weight excluding hydrogens is 484 g/mol. The SMILES string of the molecule is CC(C)(C1C=CN(c2cccc3c2oc2ccccc23)N1)C1C=CN(c2cccc3c2oc2ccccc23)N1. The highest BCUT2D eigenvalue weighted by atomic mass is 16.3. The lowest BCUT2D eigenvalue weighted by molar-refractivity contribution is 0.237. The normalized spacial score (nSPS) is 19.5. The largest absolute Gasteiger partial charge is 0.454 e. The summed E-state index contributed by atoms with van der Waals surface area (Å²) >= 11 is 0. The molecule has 39 heavy (non-hydrogen) atoms. The second-order valence-electron chi connectivity index (χ2n) is 11.0. The number of anilines is 2. The van der Waals surface area contributed by atoms with Crippen LogP contribution in [-0.2, 0) is 0 Å². The number of hydrazine groups is 2. The number of para-hydroxylation sites is 4. The molecule has 2 aromatic heterocycles. The first-order valence-corrected chi connectivity index (χ1v) is 13.4. The Morgan fingerprint density at radius 1 is 0.564 bits per heavy atom. The van der Waals surface area contributed by atoms with Gasteiger partial charge in [-0.25, -0.2) is 10.9 Å². The summed E-state index contributed by atoms with van der Waals surface area (Å²) in [5, 5.41) is 8.68. The van der Waals surface area contributed by atoms with Crippen molar-refractivity contribution in [1.29, 1.82) is 0 Å². The first-order valence-electron chi connectivity index (χ1n) is 13.4. The Morgan fingerprint density at radius 2 is 1.00 bits per heavy atom. The first kappa shape index (κ1) is 22.5. The standard InChI is InChI=1S/C33H28N4O2/c1-33(2,29-17-19-36(34-29)25-13-7-11-23-21-9-3-5-15-27(21)38-31(23)25)30-18-20-37(35-30)26-14-8-12-24-22-10-4-6-16-28(22)39-32(24)26/h3-20,29-30,34-35H,1-2H3. The smallest absolute Gasteiger partial charge is 0.160 e. The van der Waals surface area contributed by atoms with Gasteiger partial charge in [-0.3, -0.25) is 10.0 Å². The number of furan rings is 2. The lowest BCUT2D eigenvalue weighted by Gasteiger charge is -2.37. The molecule has 0 bridgehead atoms. The van der Waals surface area contributed by atoms with Gasteiger partial charge in [0.15, 0.2) is 11.2 Å². The fraction of sp³-hybridized carbons (Fsp3) is 0.152. The molecule has 4 heterocycles. The molecule has 6 nitrogen and oxygen atoms in total. The van der Waals surface area contributed by atoms with Crippen LogP contribution in [0.15, 0.2) is 118 Å². The molecule has 6 heteroatoms. The van der Waals surface area contributed by atoms with E-state index < -0.39 is 0 Å². The zero-order valence-electron chi connectivity index (χ0n) is 21.8. The predicted octanol–water partition coefficient (Wildman–Crippen LogP) is 7.63. The molecule has 0 fully saturated rings. The molecule has 192 valence electrons. The number of rotatable bonds is 4. The molecule has 0 spiro atoms. The fourth-order valence-corrected chi connectivity index (χ4v) is 5.98. The molecule has 0 aliphatic carbocycles. The van der Waals surface area contributed by atoms with Crippen molar-refractivity contribution in [2.45, 2.75) is 25.9 Å². The number of fused-ring (bicyclic) bond motifs is 6. The van der Waals surface area contributed by atoms with E-state index in [1.54, 1.807) is 0 Å². The van der Waals surface area contributed by atoms with Gasteiger partial charge in [-0.1, -0.05) is 74.5 Å². The molecule has 0 radical (unpaired) electrons. The zero-order chi connectivity index (χ0) is 26.1. The van der Waals surface area contributed by atoms with Gasteiger partial charge in [0.05, 0.1) is 12.1 Å². The monoisotopic (exact) mass is 512 g/mol. The quantitative estimate of drug-likeness (QED) is 0.253. The minimum Gasteiger partial charge on any atom is -0.454 e. The molecule has 2 atom stereocenters. The average Bonchev–Trinajstić information content (AvgIpc) is 3.76. The minimum absolute atomic E-state index is 0.0984. The van der Waals surface area contributed by atoms with Crippen LogP contribution >= 0.6 is 0 Å². The summed E-state index contributed by atoms with van der Waals surface area (Å²) in [6.45, 7) is 4.57. The summed E-state index contributed by atoms with van der Waals surface area (Å²) in [6.07, 6.45) is 8.69. The maximum Gasteiger partial charge on any atom is 0.160 e. The second-order valence-corrected chi connectivity index (χ2v) is 11.0. The number of benzene rings is 4. The van der Waals surface area contributed by atoms with Gasteiger partial charge in [0, 0.05) is 39.4 Å². The van der Waals surface area contributed by atoms with Crippen molar-refractivity contribution in [3.8, 4) is 0 Å². The van der Waals surface area contributed by atoms with Gasteiger partial charge in [-0.15, -0.1) is 0 Å². The molecule has 0 saturated carbocycles. The van der Waals surface area contributed by atoms with Crippen LogP contribution in [0, 0.1) is 5.41 Å². The number of hydrogen-bond donors (Lipinski definition) is 2. The van der Waals surface area contributed by atoms with Gasteiger partial charge in [-0.2, -0.15) is 0 Å². The summed E-state index contributed by atoms with van der Waals surface area (Å²) in [4.78, 5) is 0. The number of nitrogens with one attached hydrogen (secondary N) is 2. The maximum absolute atomic E-state index is 6.28. The topological polar surface area (TPSA) is 56.8 Å². The predicted molar refractivity (Wildman–Crippen MR) is 158 cm³/mol. The lowest BCUT2D eigenvalue weighted by Crippen LogP contribution is -2.54. The molecule has 6 aromatic rings. The van der Waals surface area contributed by atoms with Crippen LogP contribution in [0.2, 0.25) is 0 Å². The first-order chi connectivity index (χ1) is 19.1. The van der Waals surface area contributed by atoms with Crippen LogP contribution in [0.4, 0.5) is 11.4 Å². The Kier molecular flexibility index (Phi) is 4.74. The summed E-state index contributed by atoms with van der Waals surface area (Å²) < 4.78 is 12.6. The van der Waals surface area contributed by atoms with E-state index in [4.69, 9.17) is 8.83 Å². The van der Waals surface area contributed by atoms with Gasteiger partial charge >= 0.3 is 0 Å². The van der Waals surface area contributed by atoms with E-state index in [2.05, 4.69) is 120 Å². The molecule has 2 unspecified atom stereocenters. The van der Waals surface area contributed by atoms with Crippen LogP contribution < -0.4 is 20.9 Å². The third kappa shape index (κ3) is 3.35. The van der Waals surface area contributed by atoms with Gasteiger partial charge in [0.1, 0.15) is 22.5 Å². The van der Waals surface area contributed by atoms with Crippen LogP contribution in [0.3, 0.4) is 0 Å². The maximum atomic E-state index is 6.28. The van der Waals surface area contributed by atoms with Crippen LogP contribution in [0.5, 0.6) is 0 Å². The van der Waals surface area contributed by atoms with E-state index in [0.29, 0.717) is 0 Å². The summed E-state index contributed by atoms with van der Waals surface area (Å²) in [5.74, 6) is 0. The van der Waals surface area contributed by atoms with Crippen molar-refractivity contribution in [1.82, 2.24) is 10.9 Å². The van der Waals surface area contributed by atoms with E-state index >= 15 is 0 Å². The van der Waals surface area contributed by atoms with Gasteiger partial charge < -0.3 is 8.83 Å². The van der Waals surface area contributed by atoms with E-state index in [0.717, 1.165) is 55.3 Å². The molecular formula is C33H28N4O2. The third-order valence-corrected chi connectivity index (χ3v) is 8.30. The van der Waals surface area contributed by atoms with Gasteiger partial charge in [0.2, 0.25) is 0 Å². The summed E-state index contributed by atoms with van der Waals surface area (Å²) in [6, 6.07) is 29.2. The Labute approximate surface area is 225 Å². The molecule has 2 aliphatic rings. The van der Waals surface area contributed by atoms with E-state index in [1.807, 2.05) is 24.3 Å². The van der Waals surface area contributed by atoms with Crippen molar-refractivity contribution in [2.24, 2.45) is 5.41 Å². The Hall–Kier alpha value is -4.52. The molecule has 0 amide bonds. The summed E-state index contributed by atoms with van der Waals surface area (Å²) in [7, 11) is 0. The van der Waals surface area contributed by atoms with Gasteiger partial charge in [-0.05, 0) is 36.4 Å². The van der Waals surface area contributed by atoms with E-state index in [-0.39, 0.29) is 17.5 Å². The highest BCUT2D eigenvalue weighted by molar-refractivity contribution is 6.10. The molecule has 2 aliphatic heterocycles. The van der Waals surface area contributed by atoms with E-state index in [9.17, 15) is 0 Å². The molecule has 2 N–H and O–H groups in total. The summed E-state index contributed by atoms with van der Waals surface area (Å²) in [5.41, 5.74) is 12.9. The van der Waals surface area contributed by atoms with Crippen LogP contribution in [0.25, 0.3) is 43.9 Å². The van der Waals surface area contributed by atoms with Crippen molar-refractivity contribution in [3.05, 3.63) is 109 Å². The third-order valence-electron chi connectivity index (χ3n) is 8.30. The minimum atomic E-state index is -0.153. The fourth-order valence-electron chi connectivity index (χ4n) is 5.98. The lowest BCUT2D eigenvalue weighted by atomic mass is 9.78. The molecule has 0 saturated heterocycles. The van der Waals surface area contributed by atoms with Crippen molar-refractivity contribution in [3.63, 3.8) is 0 Å². The van der Waals surface area contributed by atoms with E-state index in [1.165, 1.54) is 0 Å².